The predicted molar refractivity (Wildman–Crippen MR) is 66.4 cm³/mol. The quantitative estimate of drug-likeness (QED) is 0.420. The summed E-state index contributed by atoms with van der Waals surface area (Å²) in [6.45, 7) is 6.25. The van der Waals surface area contributed by atoms with E-state index in [0.29, 0.717) is 19.4 Å². The Bertz CT molecular complexity index is 232. The highest BCUT2D eigenvalue weighted by molar-refractivity contribution is 5.73. The Hall–Kier alpha value is -1.34. The van der Waals surface area contributed by atoms with Crippen LogP contribution in [0.5, 0.6) is 0 Å². The first-order valence-electron chi connectivity index (χ1n) is 5.34. The van der Waals surface area contributed by atoms with E-state index in [1.165, 1.54) is 0 Å². The minimum absolute atomic E-state index is 0. The maximum atomic E-state index is 10.2. The van der Waals surface area contributed by atoms with Crippen molar-refractivity contribution in [2.45, 2.75) is 45.2 Å². The molecule has 0 saturated heterocycles. The number of aliphatic carboxylic acids is 1. The Balaban J connectivity index is 0. The molecule has 0 unspecified atom stereocenters. The first-order valence-corrected chi connectivity index (χ1v) is 5.34. The van der Waals surface area contributed by atoms with Crippen LogP contribution in [0.3, 0.4) is 0 Å². The predicted octanol–water partition coefficient (Wildman–Crippen LogP) is -0.410. The molecule has 0 aliphatic rings. The molecule has 2 amide bonds. The first-order chi connectivity index (χ1) is 7.54. The standard InChI is InChI=1S/C6H13N3O3.C4H11N/c7-4(5(10)11)2-1-3-9-6(8)12;1-4(2,3)5/h4H,1-3,7H2,(H,10,11)(H3,8,9,12);5H2,1-3H3/t4-;/m0./s1. The normalized spacial score (nSPS) is 12.1. The molecular formula is C10H24N4O3. The van der Waals surface area contributed by atoms with E-state index in [9.17, 15) is 9.59 Å². The van der Waals surface area contributed by atoms with Crippen LogP contribution in [0.15, 0.2) is 0 Å². The van der Waals surface area contributed by atoms with E-state index in [1.807, 2.05) is 20.8 Å². The number of carboxylic acid groups (broad SMARTS) is 1. The average molecular weight is 248 g/mol. The summed E-state index contributed by atoms with van der Waals surface area (Å²) in [6.07, 6.45) is 0.839. The number of urea groups is 1. The molecule has 0 aromatic rings. The molecule has 0 saturated carbocycles. The lowest BCUT2D eigenvalue weighted by Crippen LogP contribution is -2.33. The van der Waals surface area contributed by atoms with Crippen LogP contribution in [0.1, 0.15) is 33.6 Å². The zero-order valence-corrected chi connectivity index (χ0v) is 10.7. The zero-order valence-electron chi connectivity index (χ0n) is 10.7. The molecule has 0 aromatic carbocycles. The van der Waals surface area contributed by atoms with Crippen LogP contribution < -0.4 is 22.5 Å². The summed E-state index contributed by atoms with van der Waals surface area (Å²) in [4.78, 5) is 20.3. The van der Waals surface area contributed by atoms with Gasteiger partial charge in [0.05, 0.1) is 0 Å². The van der Waals surface area contributed by atoms with Crippen molar-refractivity contribution in [2.75, 3.05) is 6.54 Å². The van der Waals surface area contributed by atoms with E-state index >= 15 is 0 Å². The van der Waals surface area contributed by atoms with Crippen LogP contribution in [0.25, 0.3) is 0 Å². The molecule has 0 aliphatic carbocycles. The Morgan fingerprint density at radius 2 is 1.76 bits per heavy atom. The van der Waals surface area contributed by atoms with Gasteiger partial charge in [-0.15, -0.1) is 0 Å². The maximum absolute atomic E-state index is 10.2. The summed E-state index contributed by atoms with van der Waals surface area (Å²) in [5, 5.41) is 10.7. The highest BCUT2D eigenvalue weighted by atomic mass is 16.4. The molecule has 17 heavy (non-hydrogen) atoms. The number of carbonyl (C=O) groups is 2. The van der Waals surface area contributed by atoms with E-state index in [2.05, 4.69) is 5.32 Å². The molecule has 0 spiro atoms. The summed E-state index contributed by atoms with van der Waals surface area (Å²) in [7, 11) is 0. The number of hydrogen-bond acceptors (Lipinski definition) is 4. The number of primary amides is 1. The zero-order chi connectivity index (χ0) is 14.1. The Labute approximate surface area is 102 Å². The summed E-state index contributed by atoms with van der Waals surface area (Å²) >= 11 is 0. The first kappa shape index (κ1) is 18.0. The fraction of sp³-hybridized carbons (Fsp3) is 0.800. The third-order valence-corrected chi connectivity index (χ3v) is 1.31. The number of nitrogens with one attached hydrogen (secondary N) is 1. The minimum Gasteiger partial charge on any atom is -0.480 e. The van der Waals surface area contributed by atoms with E-state index in [1.54, 1.807) is 0 Å². The number of carbonyl (C=O) groups excluding carboxylic acids is 1. The van der Waals surface area contributed by atoms with Crippen LogP contribution >= 0.6 is 0 Å². The van der Waals surface area contributed by atoms with Crippen LogP contribution in [0.2, 0.25) is 0 Å². The Morgan fingerprint density at radius 3 is 2.06 bits per heavy atom. The molecule has 8 N–H and O–H groups in total. The molecular weight excluding hydrogens is 224 g/mol. The molecule has 7 heteroatoms. The highest BCUT2D eigenvalue weighted by Crippen LogP contribution is 1.92. The second-order valence-electron chi connectivity index (χ2n) is 4.74. The summed E-state index contributed by atoms with van der Waals surface area (Å²) in [6, 6.07) is -1.47. The Morgan fingerprint density at radius 1 is 1.35 bits per heavy atom. The maximum Gasteiger partial charge on any atom is 0.320 e. The van der Waals surface area contributed by atoms with Crippen LogP contribution in [0, 0.1) is 0 Å². The number of hydrogen-bond donors (Lipinski definition) is 5. The highest BCUT2D eigenvalue weighted by Gasteiger charge is 2.09. The third kappa shape index (κ3) is 25.2. The van der Waals surface area contributed by atoms with Gasteiger partial charge in [-0.2, -0.15) is 0 Å². The van der Waals surface area contributed by atoms with Crippen molar-refractivity contribution >= 4 is 12.0 Å². The minimum atomic E-state index is -1.03. The van der Waals surface area contributed by atoms with Crippen molar-refractivity contribution in [1.82, 2.24) is 5.32 Å². The molecule has 0 aliphatic heterocycles. The average Bonchev–Trinajstić information content (AvgIpc) is 2.08. The van der Waals surface area contributed by atoms with Gasteiger partial charge in [0.15, 0.2) is 0 Å². The van der Waals surface area contributed by atoms with E-state index in [0.717, 1.165) is 0 Å². The van der Waals surface area contributed by atoms with Crippen LogP contribution in [-0.2, 0) is 4.79 Å². The van der Waals surface area contributed by atoms with Crippen molar-refractivity contribution in [2.24, 2.45) is 17.2 Å². The SMILES string of the molecule is CC(C)(C)N.NC(=O)NCCC[C@H](N)C(=O)O. The summed E-state index contributed by atoms with van der Waals surface area (Å²) in [5.74, 6) is -1.03. The Kier molecular flexibility index (Phi) is 9.31. The summed E-state index contributed by atoms with van der Waals surface area (Å²) < 4.78 is 0. The second-order valence-corrected chi connectivity index (χ2v) is 4.74. The van der Waals surface area contributed by atoms with E-state index in [4.69, 9.17) is 22.3 Å². The number of amides is 2. The van der Waals surface area contributed by atoms with Crippen molar-refractivity contribution in [3.8, 4) is 0 Å². The van der Waals surface area contributed by atoms with Gasteiger partial charge < -0.3 is 27.6 Å². The molecule has 0 radical (unpaired) electrons. The molecule has 1 atom stereocenters. The largest absolute Gasteiger partial charge is 0.480 e. The topological polar surface area (TPSA) is 144 Å². The lowest BCUT2D eigenvalue weighted by atomic mass is 10.1. The van der Waals surface area contributed by atoms with Gasteiger partial charge in [0, 0.05) is 12.1 Å². The number of carboxylic acids is 1. The lowest BCUT2D eigenvalue weighted by molar-refractivity contribution is -0.138. The van der Waals surface area contributed by atoms with Gasteiger partial charge in [0.2, 0.25) is 0 Å². The van der Waals surface area contributed by atoms with Gasteiger partial charge in [-0.3, -0.25) is 4.79 Å². The van der Waals surface area contributed by atoms with Crippen LogP contribution in [-0.4, -0.2) is 35.2 Å². The molecule has 7 nitrogen and oxygen atoms in total. The number of rotatable bonds is 5. The fourth-order valence-electron chi connectivity index (χ4n) is 0.657. The molecule has 0 fully saturated rings. The van der Waals surface area contributed by atoms with Crippen molar-refractivity contribution in [3.63, 3.8) is 0 Å². The van der Waals surface area contributed by atoms with Crippen molar-refractivity contribution < 1.29 is 14.7 Å². The van der Waals surface area contributed by atoms with Gasteiger partial charge in [-0.1, -0.05) is 0 Å². The smallest absolute Gasteiger partial charge is 0.320 e. The van der Waals surface area contributed by atoms with Crippen molar-refractivity contribution in [3.05, 3.63) is 0 Å². The monoisotopic (exact) mass is 248 g/mol. The molecule has 0 aromatic heterocycles. The molecule has 0 bridgehead atoms. The second kappa shape index (κ2) is 8.77. The molecule has 0 rings (SSSR count). The van der Waals surface area contributed by atoms with Gasteiger partial charge in [0.1, 0.15) is 6.04 Å². The van der Waals surface area contributed by atoms with Gasteiger partial charge in [-0.25, -0.2) is 4.79 Å². The fourth-order valence-corrected chi connectivity index (χ4v) is 0.657. The van der Waals surface area contributed by atoms with Crippen molar-refractivity contribution in [1.29, 1.82) is 0 Å². The van der Waals surface area contributed by atoms with Gasteiger partial charge in [-0.05, 0) is 33.6 Å². The molecule has 0 heterocycles. The lowest BCUT2D eigenvalue weighted by Gasteiger charge is -2.06. The van der Waals surface area contributed by atoms with E-state index < -0.39 is 18.0 Å². The third-order valence-electron chi connectivity index (χ3n) is 1.31. The van der Waals surface area contributed by atoms with Crippen LogP contribution in [0.4, 0.5) is 4.79 Å². The molecule has 102 valence electrons. The van der Waals surface area contributed by atoms with E-state index in [-0.39, 0.29) is 5.54 Å². The van der Waals surface area contributed by atoms with Gasteiger partial charge in [0.25, 0.3) is 0 Å². The number of nitrogens with two attached hydrogens (primary N) is 3. The van der Waals surface area contributed by atoms with Gasteiger partial charge >= 0.3 is 12.0 Å². The summed E-state index contributed by atoms with van der Waals surface area (Å²) in [5.41, 5.74) is 15.3.